The van der Waals surface area contributed by atoms with E-state index >= 15 is 0 Å². The molecule has 0 aliphatic carbocycles. The number of Topliss-reactive ketones (excluding diaryl/α,β-unsaturated/α-hetero) is 1. The summed E-state index contributed by atoms with van der Waals surface area (Å²) in [5.41, 5.74) is -1.04. The van der Waals surface area contributed by atoms with Crippen molar-refractivity contribution in [2.24, 2.45) is 10.2 Å². The molecule has 1 rings (SSSR count). The van der Waals surface area contributed by atoms with Crippen molar-refractivity contribution in [3.05, 3.63) is 11.8 Å². The Bertz CT molecular complexity index is 302. The van der Waals surface area contributed by atoms with Gasteiger partial charge in [-0.1, -0.05) is 0 Å². The summed E-state index contributed by atoms with van der Waals surface area (Å²) in [6.07, 6.45) is -4.55. The van der Waals surface area contributed by atoms with E-state index in [4.69, 9.17) is 0 Å². The number of carbonyl (C=O) groups is 2. The number of amides is 1. The molecule has 4 nitrogen and oxygen atoms in total. The van der Waals surface area contributed by atoms with E-state index in [9.17, 15) is 22.8 Å². The van der Waals surface area contributed by atoms with Gasteiger partial charge in [0.15, 0.2) is 0 Å². The molecule has 0 bridgehead atoms. The van der Waals surface area contributed by atoms with E-state index in [1.165, 1.54) is 0 Å². The molecule has 0 radical (unpaired) electrons. The summed E-state index contributed by atoms with van der Waals surface area (Å²) in [6.45, 7) is 0. The number of carbonyl (C=O) groups excluding carboxylic acids is 2. The number of alkyl halides is 3. The van der Waals surface area contributed by atoms with E-state index in [1.54, 1.807) is 0 Å². The number of azo groups is 1. The lowest BCUT2D eigenvalue weighted by molar-refractivity contribution is -0.167. The SMILES string of the molecule is O=C1N=NC=C1C(=O)C(F)(F)F. The van der Waals surface area contributed by atoms with Crippen LogP contribution in [0.15, 0.2) is 22.0 Å². The highest BCUT2D eigenvalue weighted by Gasteiger charge is 2.43. The van der Waals surface area contributed by atoms with Crippen LogP contribution in [0.3, 0.4) is 0 Å². The maximum absolute atomic E-state index is 11.6. The van der Waals surface area contributed by atoms with Crippen molar-refractivity contribution < 1.29 is 22.8 Å². The van der Waals surface area contributed by atoms with Gasteiger partial charge in [-0.05, 0) is 0 Å². The van der Waals surface area contributed by atoms with Gasteiger partial charge in [-0.25, -0.2) is 0 Å². The van der Waals surface area contributed by atoms with E-state index in [0.717, 1.165) is 0 Å². The topological polar surface area (TPSA) is 58.9 Å². The summed E-state index contributed by atoms with van der Waals surface area (Å²) < 4.78 is 34.9. The van der Waals surface area contributed by atoms with Gasteiger partial charge in [0, 0.05) is 0 Å². The van der Waals surface area contributed by atoms with Crippen molar-refractivity contribution >= 4 is 11.7 Å². The fourth-order valence-corrected chi connectivity index (χ4v) is 0.557. The number of halogens is 3. The number of ketones is 1. The molecule has 1 aliphatic heterocycles. The number of hydrogen-bond donors (Lipinski definition) is 0. The number of hydrogen-bond acceptors (Lipinski definition) is 3. The predicted molar refractivity (Wildman–Crippen MR) is 29.0 cm³/mol. The van der Waals surface area contributed by atoms with Crippen molar-refractivity contribution in [1.29, 1.82) is 0 Å². The summed E-state index contributed by atoms with van der Waals surface area (Å²) in [7, 11) is 0. The Morgan fingerprint density at radius 3 is 2.33 bits per heavy atom. The highest BCUT2D eigenvalue weighted by Crippen LogP contribution is 2.23. The Hall–Kier alpha value is -1.53. The van der Waals surface area contributed by atoms with Gasteiger partial charge in [0.05, 0.1) is 6.20 Å². The second-order valence-electron chi connectivity index (χ2n) is 1.89. The molecule has 12 heavy (non-hydrogen) atoms. The fraction of sp³-hybridized carbons (Fsp3) is 0.200. The van der Waals surface area contributed by atoms with Crippen LogP contribution in [-0.4, -0.2) is 17.9 Å². The third kappa shape index (κ3) is 1.39. The van der Waals surface area contributed by atoms with Crippen LogP contribution < -0.4 is 0 Å². The van der Waals surface area contributed by atoms with Crippen molar-refractivity contribution in [2.75, 3.05) is 0 Å². The summed E-state index contributed by atoms with van der Waals surface area (Å²) in [5.74, 6) is -3.46. The zero-order valence-corrected chi connectivity index (χ0v) is 5.42. The molecule has 1 aliphatic rings. The smallest absolute Gasteiger partial charge is 0.284 e. The monoisotopic (exact) mass is 178 g/mol. The Morgan fingerprint density at radius 2 is 2.00 bits per heavy atom. The van der Waals surface area contributed by atoms with Crippen LogP contribution in [0.1, 0.15) is 0 Å². The highest BCUT2D eigenvalue weighted by molar-refractivity contribution is 6.22. The van der Waals surface area contributed by atoms with Crippen LogP contribution in [0, 0.1) is 0 Å². The third-order valence-corrected chi connectivity index (χ3v) is 1.07. The number of rotatable bonds is 1. The lowest BCUT2D eigenvalue weighted by Crippen LogP contribution is -2.26. The normalized spacial score (nSPS) is 16.6. The molecule has 1 heterocycles. The molecule has 1 amide bonds. The van der Waals surface area contributed by atoms with Gasteiger partial charge in [-0.2, -0.15) is 18.3 Å². The summed E-state index contributed by atoms with van der Waals surface area (Å²) >= 11 is 0. The van der Waals surface area contributed by atoms with Crippen LogP contribution >= 0.6 is 0 Å². The quantitative estimate of drug-likeness (QED) is 0.562. The van der Waals surface area contributed by atoms with Gasteiger partial charge in [0.2, 0.25) is 0 Å². The fourth-order valence-electron chi connectivity index (χ4n) is 0.557. The van der Waals surface area contributed by atoms with Gasteiger partial charge in [0.1, 0.15) is 5.57 Å². The van der Waals surface area contributed by atoms with Crippen LogP contribution in [0.25, 0.3) is 0 Å². The average Bonchev–Trinajstić information content (AvgIpc) is 2.31. The second kappa shape index (κ2) is 2.50. The van der Waals surface area contributed by atoms with E-state index < -0.39 is 23.4 Å². The molecule has 0 saturated heterocycles. The summed E-state index contributed by atoms with van der Waals surface area (Å²) in [6, 6.07) is 0. The first-order chi connectivity index (χ1) is 5.43. The molecule has 7 heteroatoms. The molecule has 0 unspecified atom stereocenters. The Morgan fingerprint density at radius 1 is 1.42 bits per heavy atom. The minimum absolute atomic E-state index is 0.498. The minimum atomic E-state index is -5.04. The molecule has 0 saturated carbocycles. The van der Waals surface area contributed by atoms with Gasteiger partial charge < -0.3 is 0 Å². The zero-order chi connectivity index (χ0) is 9.35. The molecule has 0 aromatic carbocycles. The van der Waals surface area contributed by atoms with E-state index in [-0.39, 0.29) is 0 Å². The Balaban J connectivity index is 2.88. The van der Waals surface area contributed by atoms with Gasteiger partial charge >= 0.3 is 12.1 Å². The van der Waals surface area contributed by atoms with Gasteiger partial charge in [0.25, 0.3) is 5.78 Å². The maximum Gasteiger partial charge on any atom is 0.455 e. The van der Waals surface area contributed by atoms with Gasteiger partial charge in [-0.15, -0.1) is 5.11 Å². The first kappa shape index (κ1) is 8.57. The van der Waals surface area contributed by atoms with Crippen molar-refractivity contribution in [3.63, 3.8) is 0 Å². The highest BCUT2D eigenvalue weighted by atomic mass is 19.4. The van der Waals surface area contributed by atoms with Crippen molar-refractivity contribution in [3.8, 4) is 0 Å². The Labute approximate surface area is 63.8 Å². The van der Waals surface area contributed by atoms with Crippen LogP contribution in [0.4, 0.5) is 13.2 Å². The van der Waals surface area contributed by atoms with Gasteiger partial charge in [-0.3, -0.25) is 9.59 Å². The standard InChI is InChI=1S/C5HF3N2O2/c6-5(7,8)3(11)2-1-9-10-4(2)12/h1H. The molecule has 0 fully saturated rings. The maximum atomic E-state index is 11.6. The predicted octanol–water partition coefficient (Wildman–Crippen LogP) is 0.994. The zero-order valence-electron chi connectivity index (χ0n) is 5.42. The van der Waals surface area contributed by atoms with E-state index in [1.807, 2.05) is 0 Å². The lowest BCUT2D eigenvalue weighted by atomic mass is 10.2. The Kier molecular flexibility index (Phi) is 1.79. The largest absolute Gasteiger partial charge is 0.455 e. The first-order valence-electron chi connectivity index (χ1n) is 2.70. The molecular formula is C5HF3N2O2. The van der Waals surface area contributed by atoms with Crippen LogP contribution in [0.2, 0.25) is 0 Å². The van der Waals surface area contributed by atoms with Crippen LogP contribution in [-0.2, 0) is 9.59 Å². The lowest BCUT2D eigenvalue weighted by Gasteiger charge is -2.01. The molecular weight excluding hydrogens is 177 g/mol. The molecule has 0 N–H and O–H groups in total. The second-order valence-corrected chi connectivity index (χ2v) is 1.89. The summed E-state index contributed by atoms with van der Waals surface area (Å²) in [5, 5.41) is 5.60. The molecule has 0 aromatic heterocycles. The summed E-state index contributed by atoms with van der Waals surface area (Å²) in [4.78, 5) is 20.8. The molecule has 0 atom stereocenters. The van der Waals surface area contributed by atoms with Crippen LogP contribution in [0.5, 0.6) is 0 Å². The van der Waals surface area contributed by atoms with E-state index in [0.29, 0.717) is 6.20 Å². The van der Waals surface area contributed by atoms with Crippen molar-refractivity contribution in [1.82, 2.24) is 0 Å². The number of nitrogens with zero attached hydrogens (tertiary/aromatic N) is 2. The average molecular weight is 178 g/mol. The molecule has 0 spiro atoms. The molecule has 0 aromatic rings. The first-order valence-corrected chi connectivity index (χ1v) is 2.70. The molecule has 64 valence electrons. The van der Waals surface area contributed by atoms with E-state index in [2.05, 4.69) is 10.2 Å². The minimum Gasteiger partial charge on any atom is -0.284 e. The van der Waals surface area contributed by atoms with Crippen molar-refractivity contribution in [2.45, 2.75) is 6.18 Å². The third-order valence-electron chi connectivity index (χ3n) is 1.07.